The minimum Gasteiger partial charge on any atom is -0.381 e. The molecule has 0 atom stereocenters. The van der Waals surface area contributed by atoms with Gasteiger partial charge in [0.2, 0.25) is 0 Å². The molecule has 0 aliphatic heterocycles. The van der Waals surface area contributed by atoms with E-state index in [0.717, 1.165) is 18.9 Å². The average Bonchev–Trinajstić information content (AvgIpc) is 3.26. The monoisotopic (exact) mass is 263 g/mol. The number of pyridine rings is 1. The zero-order chi connectivity index (χ0) is 13.5. The number of rotatable bonds is 8. The Balaban J connectivity index is 1.62. The molecule has 0 saturated heterocycles. The lowest BCUT2D eigenvalue weighted by Gasteiger charge is -2.06. The van der Waals surface area contributed by atoms with Crippen molar-refractivity contribution in [2.75, 3.05) is 32.1 Å². The Labute approximate surface area is 113 Å². The fourth-order valence-electron chi connectivity index (χ4n) is 1.70. The van der Waals surface area contributed by atoms with Crippen molar-refractivity contribution in [1.29, 1.82) is 0 Å². The van der Waals surface area contributed by atoms with Gasteiger partial charge < -0.3 is 15.4 Å². The maximum absolute atomic E-state index is 11.8. The molecule has 1 heterocycles. The number of nitrogens with one attached hydrogen (secondary N) is 2. The largest absolute Gasteiger partial charge is 0.381 e. The van der Waals surface area contributed by atoms with E-state index < -0.39 is 0 Å². The molecular formula is C14H21N3O2. The molecule has 1 fully saturated rings. The zero-order valence-electron chi connectivity index (χ0n) is 11.3. The van der Waals surface area contributed by atoms with Crippen molar-refractivity contribution in [1.82, 2.24) is 10.3 Å². The van der Waals surface area contributed by atoms with Crippen molar-refractivity contribution >= 4 is 11.7 Å². The molecule has 0 unspecified atom stereocenters. The standard InChI is InChI=1S/C14H21N3O2/c1-15-13-5-2-4-12(17-13)14(18)16-8-3-9-19-10-11-6-7-11/h2,4-5,11H,3,6-10H2,1H3,(H,15,17)(H,16,18). The minimum absolute atomic E-state index is 0.140. The van der Waals surface area contributed by atoms with Gasteiger partial charge in [0.25, 0.3) is 5.91 Å². The summed E-state index contributed by atoms with van der Waals surface area (Å²) < 4.78 is 5.50. The Morgan fingerprint density at radius 3 is 3.05 bits per heavy atom. The minimum atomic E-state index is -0.140. The van der Waals surface area contributed by atoms with Crippen molar-refractivity contribution in [2.45, 2.75) is 19.3 Å². The van der Waals surface area contributed by atoms with E-state index in [1.807, 2.05) is 12.1 Å². The first-order valence-electron chi connectivity index (χ1n) is 6.80. The predicted molar refractivity (Wildman–Crippen MR) is 74.3 cm³/mol. The van der Waals surface area contributed by atoms with Crippen LogP contribution in [0, 0.1) is 5.92 Å². The number of carbonyl (C=O) groups is 1. The lowest BCUT2D eigenvalue weighted by molar-refractivity contribution is 0.0932. The maximum Gasteiger partial charge on any atom is 0.269 e. The topological polar surface area (TPSA) is 63.2 Å². The SMILES string of the molecule is CNc1cccc(C(=O)NCCCOCC2CC2)n1. The third-order valence-corrected chi connectivity index (χ3v) is 3.04. The van der Waals surface area contributed by atoms with Crippen LogP contribution in [0.3, 0.4) is 0 Å². The normalized spacial score (nSPS) is 14.2. The van der Waals surface area contributed by atoms with E-state index >= 15 is 0 Å². The Hall–Kier alpha value is -1.62. The summed E-state index contributed by atoms with van der Waals surface area (Å²) in [5.41, 5.74) is 0.436. The molecule has 1 saturated carbocycles. The summed E-state index contributed by atoms with van der Waals surface area (Å²) in [6.07, 6.45) is 3.46. The fraction of sp³-hybridized carbons (Fsp3) is 0.571. The van der Waals surface area contributed by atoms with Crippen molar-refractivity contribution in [3.63, 3.8) is 0 Å². The Kier molecular flexibility index (Phi) is 5.15. The number of hydrogen-bond acceptors (Lipinski definition) is 4. The fourth-order valence-corrected chi connectivity index (χ4v) is 1.70. The number of anilines is 1. The van der Waals surface area contributed by atoms with Gasteiger partial charge in [0.15, 0.2) is 0 Å². The smallest absolute Gasteiger partial charge is 0.269 e. The Morgan fingerprint density at radius 2 is 2.32 bits per heavy atom. The summed E-state index contributed by atoms with van der Waals surface area (Å²) in [5.74, 6) is 1.35. The van der Waals surface area contributed by atoms with Crippen LogP contribution < -0.4 is 10.6 Å². The molecule has 1 aromatic rings. The summed E-state index contributed by atoms with van der Waals surface area (Å²) in [6.45, 7) is 2.20. The highest BCUT2D eigenvalue weighted by atomic mass is 16.5. The van der Waals surface area contributed by atoms with Gasteiger partial charge in [-0.2, -0.15) is 0 Å². The molecule has 5 nitrogen and oxygen atoms in total. The van der Waals surface area contributed by atoms with Gasteiger partial charge in [-0.05, 0) is 37.3 Å². The molecule has 104 valence electrons. The first-order valence-corrected chi connectivity index (χ1v) is 6.80. The van der Waals surface area contributed by atoms with Crippen molar-refractivity contribution in [2.24, 2.45) is 5.92 Å². The van der Waals surface area contributed by atoms with E-state index in [0.29, 0.717) is 24.7 Å². The van der Waals surface area contributed by atoms with Crippen LogP contribution in [0.4, 0.5) is 5.82 Å². The van der Waals surface area contributed by atoms with Crippen LogP contribution in [0.2, 0.25) is 0 Å². The molecule has 19 heavy (non-hydrogen) atoms. The first-order chi connectivity index (χ1) is 9.29. The average molecular weight is 263 g/mol. The molecule has 0 aromatic carbocycles. The van der Waals surface area contributed by atoms with Gasteiger partial charge in [0.1, 0.15) is 11.5 Å². The molecule has 2 rings (SSSR count). The number of ether oxygens (including phenoxy) is 1. The van der Waals surface area contributed by atoms with E-state index in [4.69, 9.17) is 4.74 Å². The van der Waals surface area contributed by atoms with E-state index in [-0.39, 0.29) is 5.91 Å². The van der Waals surface area contributed by atoms with Gasteiger partial charge in [-0.3, -0.25) is 4.79 Å². The molecular weight excluding hydrogens is 242 g/mol. The molecule has 2 N–H and O–H groups in total. The summed E-state index contributed by atoms with van der Waals surface area (Å²) in [7, 11) is 1.78. The highest BCUT2D eigenvalue weighted by Gasteiger charge is 2.20. The molecule has 1 aliphatic carbocycles. The Morgan fingerprint density at radius 1 is 1.47 bits per heavy atom. The van der Waals surface area contributed by atoms with Gasteiger partial charge >= 0.3 is 0 Å². The van der Waals surface area contributed by atoms with Crippen LogP contribution in [-0.4, -0.2) is 37.7 Å². The third kappa shape index (κ3) is 4.87. The molecule has 1 amide bonds. The van der Waals surface area contributed by atoms with Gasteiger partial charge in [0.05, 0.1) is 0 Å². The van der Waals surface area contributed by atoms with Gasteiger partial charge in [-0.1, -0.05) is 6.07 Å². The summed E-state index contributed by atoms with van der Waals surface area (Å²) in [4.78, 5) is 16.0. The van der Waals surface area contributed by atoms with Crippen LogP contribution in [0.15, 0.2) is 18.2 Å². The molecule has 5 heteroatoms. The van der Waals surface area contributed by atoms with E-state index in [1.54, 1.807) is 13.1 Å². The lowest BCUT2D eigenvalue weighted by atomic mass is 10.3. The van der Waals surface area contributed by atoms with E-state index in [1.165, 1.54) is 12.8 Å². The summed E-state index contributed by atoms with van der Waals surface area (Å²) in [6, 6.07) is 5.34. The first kappa shape index (κ1) is 13.8. The Bertz CT molecular complexity index is 419. The molecule has 0 radical (unpaired) electrons. The van der Waals surface area contributed by atoms with Crippen molar-refractivity contribution < 1.29 is 9.53 Å². The number of carbonyl (C=O) groups excluding carboxylic acids is 1. The maximum atomic E-state index is 11.8. The lowest BCUT2D eigenvalue weighted by Crippen LogP contribution is -2.26. The van der Waals surface area contributed by atoms with Crippen molar-refractivity contribution in [3.05, 3.63) is 23.9 Å². The van der Waals surface area contributed by atoms with Gasteiger partial charge in [0, 0.05) is 26.8 Å². The van der Waals surface area contributed by atoms with Crippen molar-refractivity contribution in [3.8, 4) is 0 Å². The second-order valence-corrected chi connectivity index (χ2v) is 4.79. The summed E-state index contributed by atoms with van der Waals surface area (Å²) in [5, 5.41) is 5.76. The molecule has 0 spiro atoms. The quantitative estimate of drug-likeness (QED) is 0.700. The number of nitrogens with zero attached hydrogens (tertiary/aromatic N) is 1. The highest BCUT2D eigenvalue weighted by Crippen LogP contribution is 2.28. The zero-order valence-corrected chi connectivity index (χ0v) is 11.3. The second kappa shape index (κ2) is 7.09. The van der Waals surface area contributed by atoms with Crippen LogP contribution >= 0.6 is 0 Å². The van der Waals surface area contributed by atoms with Crippen LogP contribution in [0.5, 0.6) is 0 Å². The van der Waals surface area contributed by atoms with E-state index in [9.17, 15) is 4.79 Å². The number of hydrogen-bond donors (Lipinski definition) is 2. The number of amides is 1. The second-order valence-electron chi connectivity index (χ2n) is 4.79. The molecule has 1 aromatic heterocycles. The molecule has 0 bridgehead atoms. The van der Waals surface area contributed by atoms with Crippen LogP contribution in [0.25, 0.3) is 0 Å². The van der Waals surface area contributed by atoms with E-state index in [2.05, 4.69) is 15.6 Å². The molecule has 1 aliphatic rings. The van der Waals surface area contributed by atoms with Gasteiger partial charge in [-0.25, -0.2) is 4.98 Å². The van der Waals surface area contributed by atoms with Crippen LogP contribution in [-0.2, 0) is 4.74 Å². The van der Waals surface area contributed by atoms with Gasteiger partial charge in [-0.15, -0.1) is 0 Å². The predicted octanol–water partition coefficient (Wildman–Crippen LogP) is 1.67. The van der Waals surface area contributed by atoms with Crippen LogP contribution in [0.1, 0.15) is 29.8 Å². The highest BCUT2D eigenvalue weighted by molar-refractivity contribution is 5.92. The third-order valence-electron chi connectivity index (χ3n) is 3.04. The summed E-state index contributed by atoms with van der Waals surface area (Å²) >= 11 is 0. The number of aromatic nitrogens is 1.